The Labute approximate surface area is 550 Å². The third-order valence-corrected chi connectivity index (χ3v) is 451. The highest BCUT2D eigenvalue weighted by molar-refractivity contribution is 9.49. The maximum Gasteiger partial charge on any atom is 0.261 e. The Balaban J connectivity index is 11.7. The van der Waals surface area contributed by atoms with Crippen LogP contribution < -0.4 is 0 Å². The van der Waals surface area contributed by atoms with Gasteiger partial charge in [0, 0.05) is 0 Å². The van der Waals surface area contributed by atoms with Crippen LogP contribution in [0.15, 0.2) is 0 Å². The molecule has 0 N–H and O–H groups in total. The van der Waals surface area contributed by atoms with E-state index in [1.54, 1.807) is 0 Å². The van der Waals surface area contributed by atoms with Gasteiger partial charge in [-0.25, -0.2) is 0 Å². The van der Waals surface area contributed by atoms with E-state index in [0.717, 1.165) is 5.87 Å². The van der Waals surface area contributed by atoms with Crippen LogP contribution in [0.4, 0.5) is 0 Å². The van der Waals surface area contributed by atoms with E-state index in [1.165, 1.54) is 0 Å². The fraction of sp³-hybridized carbons (Fsp3) is 0. The van der Waals surface area contributed by atoms with E-state index in [2.05, 4.69) is 321 Å². The molecule has 0 aromatic carbocycles. The van der Waals surface area contributed by atoms with Crippen LogP contribution in [0.5, 0.6) is 0 Å². The van der Waals surface area contributed by atoms with Gasteiger partial charge in [0.25, 0.3) is 5.87 Å². The van der Waals surface area contributed by atoms with E-state index in [0.29, 0.717) is 0 Å². The maximum atomic E-state index is 3.66. The third-order valence-electron chi connectivity index (χ3n) is 6.40. The fourth-order valence-electron chi connectivity index (χ4n) is 4.57. The molecule has 37 atom stereocenters. The molecular formula is H72BP69. The zero-order valence-corrected chi connectivity index (χ0v) is 107. The van der Waals surface area contributed by atoms with Gasteiger partial charge in [0.15, 0.2) is 0 Å². The van der Waals surface area contributed by atoms with Gasteiger partial charge < -0.3 is 0 Å². The maximum absolute atomic E-state index is 3.66. The summed E-state index contributed by atoms with van der Waals surface area (Å²) in [5.41, 5.74) is 0. The fourth-order valence-corrected chi connectivity index (χ4v) is 873. The highest BCUT2D eigenvalue weighted by Crippen LogP contribution is 3.42. The molecule has 0 spiro atoms. The van der Waals surface area contributed by atoms with E-state index < -0.39 is 14.4 Å². The van der Waals surface area contributed by atoms with Crippen molar-refractivity contribution in [3.8, 4) is 0 Å². The molecule has 0 aliphatic rings. The zero-order valence-electron chi connectivity index (χ0n) is 36.1. The molecule has 0 saturated carbocycles. The molecule has 0 aliphatic heterocycles. The summed E-state index contributed by atoms with van der Waals surface area (Å²) in [7, 11) is 129. The first-order valence-corrected chi connectivity index (χ1v) is 140. The summed E-state index contributed by atoms with van der Waals surface area (Å²) < 4.78 is 0. The summed E-state index contributed by atoms with van der Waals surface area (Å²) in [6.07, 6.45) is 0. The van der Waals surface area contributed by atoms with Crippen molar-refractivity contribution < 1.29 is 0 Å². The minimum atomic E-state index is -0.422. The van der Waals surface area contributed by atoms with Crippen LogP contribution in [-0.4, -0.2) is 5.87 Å². The molecule has 0 bridgehead atoms. The molecule has 0 radical (unpaired) electrons. The van der Waals surface area contributed by atoms with Crippen molar-refractivity contribution in [2.75, 3.05) is 0 Å². The Kier molecular flexibility index (Phi) is 77.4. The lowest BCUT2D eigenvalue weighted by atomic mass is 10.7. The first kappa shape index (κ1) is 99.7. The number of rotatable bonds is 33. The average Bonchev–Trinajstić information content (AvgIpc) is 3.12. The van der Waals surface area contributed by atoms with Crippen LogP contribution in [0.2, 0.25) is 0 Å². The zero-order chi connectivity index (χ0) is 55.6. The summed E-state index contributed by atoms with van der Waals surface area (Å²) >= 11 is 0. The summed E-state index contributed by atoms with van der Waals surface area (Å²) in [5, 5.41) is 0. The van der Waals surface area contributed by atoms with Gasteiger partial charge in [-0.15, -0.1) is 321 Å². The lowest BCUT2D eigenvalue weighted by Crippen LogP contribution is -2.02. The number of hydrogen-bond acceptors (Lipinski definition) is 0. The molecule has 0 aliphatic carbocycles. The predicted molar refractivity (Wildman–Crippen MR) is 584 cm³/mol. The molecular weight excluding hydrogens is 2150 g/mol. The first-order chi connectivity index (χ1) is 31.8. The Hall–Kier alpha value is 29.7. The molecule has 0 aromatic rings. The topological polar surface area (TPSA) is 0 Å². The van der Waals surface area contributed by atoms with E-state index in [1.807, 2.05) is 0 Å². The van der Waals surface area contributed by atoms with Crippen LogP contribution >= 0.6 is 553 Å². The Morgan fingerprint density at radius 1 is 0.114 bits per heavy atom. The van der Waals surface area contributed by atoms with E-state index in [-0.39, 0.29) is 217 Å². The largest absolute Gasteiger partial charge is 0.261 e. The van der Waals surface area contributed by atoms with Crippen molar-refractivity contribution in [3.63, 3.8) is 0 Å². The Morgan fingerprint density at radius 2 is 0.200 bits per heavy atom. The van der Waals surface area contributed by atoms with Crippen LogP contribution in [0, 0.1) is 0 Å². The molecule has 0 nitrogen and oxygen atoms in total. The average molecular weight is 2220 g/mol. The molecule has 0 saturated heterocycles. The molecule has 70 heteroatoms. The second-order valence-electron chi connectivity index (χ2n) is 11.4. The van der Waals surface area contributed by atoms with Crippen molar-refractivity contribution in [2.45, 2.75) is 0 Å². The molecule has 0 amide bonds. The normalized spacial score (nSPS) is 14.9. The molecule has 0 rings (SSSR count). The second-order valence-corrected chi connectivity index (χ2v) is 288. The molecule has 0 aromatic heterocycles. The standard InChI is InChI=1S/BH72P69/c2-41(3)59(42(4)5)38(60(43(6)7)44(8)9)1(39(61(45(10)11)46(12)13)62(65(47(14)15)48(16)17)66(49(18)19)50(20)21)40(63(67(51(22)23)52(24)25)68(53(26)27)54(28)29)64(69(55(30)31)56(32)33)70(57(34)35)58(36)37/h2-37H2. The second kappa shape index (κ2) is 54.3. The summed E-state index contributed by atoms with van der Waals surface area (Å²) in [6, 6.07) is 0. The first-order valence-electron chi connectivity index (χ1n) is 16.1. The Morgan fingerprint density at radius 3 is 0.300 bits per heavy atom. The predicted octanol–water partition coefficient (Wildman–Crippen LogP) is 39.8. The van der Waals surface area contributed by atoms with Crippen molar-refractivity contribution in [1.29, 1.82) is 0 Å². The van der Waals surface area contributed by atoms with Gasteiger partial charge in [-0.1, -0.05) is 21.5 Å². The highest BCUT2D eigenvalue weighted by atomic mass is 33.5. The van der Waals surface area contributed by atoms with Gasteiger partial charge in [0.1, 0.15) is 0 Å². The smallest absolute Gasteiger partial charge is 0.102 e. The molecule has 0 heterocycles. The Bertz CT molecular complexity index is 1140. The van der Waals surface area contributed by atoms with Crippen molar-refractivity contribution in [1.82, 2.24) is 0 Å². The molecule has 0 fully saturated rings. The van der Waals surface area contributed by atoms with Crippen molar-refractivity contribution in [3.05, 3.63) is 0 Å². The van der Waals surface area contributed by atoms with Crippen LogP contribution in [-0.2, 0) is 0 Å². The van der Waals surface area contributed by atoms with Gasteiger partial charge in [-0.05, 0) is 210 Å². The van der Waals surface area contributed by atoms with Gasteiger partial charge in [-0.2, -0.15) is 0 Å². The van der Waals surface area contributed by atoms with Crippen LogP contribution in [0.25, 0.3) is 0 Å². The van der Waals surface area contributed by atoms with Gasteiger partial charge in [0.05, 0.1) is 0 Å². The minimum Gasteiger partial charge on any atom is -0.102 e. The van der Waals surface area contributed by atoms with Gasteiger partial charge in [-0.3, -0.25) is 0 Å². The quantitative estimate of drug-likeness (QED) is 0.0454. The highest BCUT2D eigenvalue weighted by Gasteiger charge is 2.64. The lowest BCUT2D eigenvalue weighted by Gasteiger charge is -2.60. The van der Waals surface area contributed by atoms with E-state index in [9.17, 15) is 0 Å². The lowest BCUT2D eigenvalue weighted by molar-refractivity contribution is 4.07. The van der Waals surface area contributed by atoms with Gasteiger partial charge in [0.2, 0.25) is 0 Å². The minimum absolute atomic E-state index is 0.249. The monoisotopic (exact) mass is 2220 g/mol. The summed E-state index contributed by atoms with van der Waals surface area (Å²) in [4.78, 5) is 0. The number of hydrogen-bond donors (Lipinski definition) is 0. The van der Waals surface area contributed by atoms with Crippen molar-refractivity contribution >= 4 is 558 Å². The van der Waals surface area contributed by atoms with Crippen LogP contribution in [0.3, 0.4) is 0 Å². The SMILES string of the molecule is PP(P)P(P(P)P)P(B(P(P(P(P)P)P(P)P)P(P(P(P)P)P(P)P)P(P(P)P)P(P)P)P(P(P(P(P)P)P(P)P)P(P(P)P)P(P)P)P(P(P(P)P)P(P)P)P(P(P)P)P(P)P)P(P(P)P)P(P)P. The van der Waals surface area contributed by atoms with Crippen LogP contribution in [0.1, 0.15) is 0 Å². The van der Waals surface area contributed by atoms with Gasteiger partial charge >= 0.3 is 0 Å². The molecule has 420 valence electrons. The summed E-state index contributed by atoms with van der Waals surface area (Å²) in [5.74, 6) is 0.873. The third kappa shape index (κ3) is 35.0. The van der Waals surface area contributed by atoms with Crippen molar-refractivity contribution in [2.24, 2.45) is 0 Å². The van der Waals surface area contributed by atoms with E-state index >= 15 is 0 Å². The summed E-state index contributed by atoms with van der Waals surface area (Å²) in [6.45, 7) is -9.04. The molecule has 70 heavy (non-hydrogen) atoms. The van der Waals surface area contributed by atoms with E-state index in [4.69, 9.17) is 0 Å². The molecule has 37 unspecified atom stereocenters.